The first-order chi connectivity index (χ1) is 17.0. The van der Waals surface area contributed by atoms with Crippen molar-refractivity contribution in [3.63, 3.8) is 0 Å². The van der Waals surface area contributed by atoms with E-state index in [4.69, 9.17) is 9.47 Å². The van der Waals surface area contributed by atoms with E-state index in [1.807, 2.05) is 43.3 Å². The van der Waals surface area contributed by atoms with Gasteiger partial charge >= 0.3 is 6.03 Å². The van der Waals surface area contributed by atoms with Crippen molar-refractivity contribution in [1.29, 1.82) is 0 Å². The van der Waals surface area contributed by atoms with Crippen molar-refractivity contribution in [3.8, 4) is 11.5 Å². The van der Waals surface area contributed by atoms with Gasteiger partial charge in [0.25, 0.3) is 5.56 Å². The fourth-order valence-electron chi connectivity index (χ4n) is 4.94. The number of rotatable bonds is 6. The lowest BCUT2D eigenvalue weighted by atomic mass is 10.1. The predicted molar refractivity (Wildman–Crippen MR) is 136 cm³/mol. The molecule has 8 nitrogen and oxygen atoms in total. The summed E-state index contributed by atoms with van der Waals surface area (Å²) in [5.41, 5.74) is 2.88. The maximum absolute atomic E-state index is 13.4. The summed E-state index contributed by atoms with van der Waals surface area (Å²) in [6.07, 6.45) is 2.16. The number of nitrogens with one attached hydrogen (secondary N) is 2. The monoisotopic (exact) mass is 476 g/mol. The van der Waals surface area contributed by atoms with E-state index in [1.54, 1.807) is 11.0 Å². The lowest BCUT2D eigenvalue weighted by molar-refractivity contribution is 0.172. The van der Waals surface area contributed by atoms with Crippen molar-refractivity contribution in [1.82, 2.24) is 14.8 Å². The molecule has 0 saturated carbocycles. The van der Waals surface area contributed by atoms with E-state index in [1.165, 1.54) is 0 Å². The van der Waals surface area contributed by atoms with Gasteiger partial charge in [0.15, 0.2) is 11.5 Å². The molecule has 5 rings (SSSR count). The summed E-state index contributed by atoms with van der Waals surface area (Å²) in [7, 11) is 0. The molecule has 8 heteroatoms. The van der Waals surface area contributed by atoms with E-state index in [0.717, 1.165) is 42.6 Å². The average molecular weight is 477 g/mol. The molecule has 2 aromatic carbocycles. The van der Waals surface area contributed by atoms with Gasteiger partial charge in [-0.05, 0) is 57.1 Å². The molecule has 0 radical (unpaired) electrons. The number of pyridine rings is 1. The summed E-state index contributed by atoms with van der Waals surface area (Å²) in [5.74, 6) is 1.30. The second-order valence-corrected chi connectivity index (χ2v) is 9.31. The Labute approximate surface area is 204 Å². The standard InChI is InChI=1S/C27H32N4O4/c1-3-30-10-4-5-22(30)17-31(27(33)28-21-8-6-18(2)7-9-21)16-20-13-19-14-24-25(35-12-11-34-24)15-23(19)29-26(20)32/h6-9,13-15,22H,3-5,10-12,16-17H2,1-2H3,(H,28,33)(H,29,32)/t22-/m0/s1. The van der Waals surface area contributed by atoms with Crippen LogP contribution >= 0.6 is 0 Å². The molecule has 0 unspecified atom stereocenters. The van der Waals surface area contributed by atoms with Crippen molar-refractivity contribution >= 4 is 22.6 Å². The Balaban J connectivity index is 1.43. The maximum Gasteiger partial charge on any atom is 0.322 e. The number of ether oxygens (including phenoxy) is 2. The molecule has 2 N–H and O–H groups in total. The molecule has 35 heavy (non-hydrogen) atoms. The molecule has 1 fully saturated rings. The number of likely N-dealkylation sites (N-methyl/N-ethyl adjacent to an activating group) is 1. The summed E-state index contributed by atoms with van der Waals surface area (Å²) >= 11 is 0. The Kier molecular flexibility index (Phi) is 6.63. The van der Waals surface area contributed by atoms with Crippen LogP contribution in [0.4, 0.5) is 10.5 Å². The second kappa shape index (κ2) is 10.00. The third-order valence-electron chi connectivity index (χ3n) is 6.87. The van der Waals surface area contributed by atoms with Gasteiger partial charge in [-0.15, -0.1) is 0 Å². The quantitative estimate of drug-likeness (QED) is 0.559. The van der Waals surface area contributed by atoms with Crippen LogP contribution in [0, 0.1) is 6.92 Å². The van der Waals surface area contributed by atoms with Crippen LogP contribution in [0.2, 0.25) is 0 Å². The number of hydrogen-bond donors (Lipinski definition) is 2. The number of hydrogen-bond acceptors (Lipinski definition) is 5. The normalized spacial score (nSPS) is 17.5. The average Bonchev–Trinajstić information content (AvgIpc) is 3.31. The van der Waals surface area contributed by atoms with Crippen LogP contribution in [0.5, 0.6) is 11.5 Å². The van der Waals surface area contributed by atoms with Crippen LogP contribution in [0.25, 0.3) is 10.9 Å². The van der Waals surface area contributed by atoms with Crippen molar-refractivity contribution in [2.75, 3.05) is 38.2 Å². The Bertz CT molecular complexity index is 1270. The van der Waals surface area contributed by atoms with Crippen molar-refractivity contribution in [2.24, 2.45) is 0 Å². The molecule has 2 amide bonds. The zero-order valence-corrected chi connectivity index (χ0v) is 20.3. The number of nitrogens with zero attached hydrogens (tertiary/aromatic N) is 2. The molecule has 0 aliphatic carbocycles. The van der Waals surface area contributed by atoms with Gasteiger partial charge in [-0.3, -0.25) is 9.69 Å². The largest absolute Gasteiger partial charge is 0.486 e. The number of aromatic nitrogens is 1. The van der Waals surface area contributed by atoms with Gasteiger partial charge in [0, 0.05) is 35.3 Å². The van der Waals surface area contributed by atoms with Crippen LogP contribution in [0.1, 0.15) is 30.9 Å². The fourth-order valence-corrected chi connectivity index (χ4v) is 4.94. The van der Waals surface area contributed by atoms with Gasteiger partial charge in [0.1, 0.15) is 13.2 Å². The number of benzene rings is 2. The SMILES string of the molecule is CCN1CCC[C@H]1CN(Cc1cc2cc3c(cc2[nH]c1=O)OCCO3)C(=O)Nc1ccc(C)cc1. The van der Waals surface area contributed by atoms with E-state index in [0.29, 0.717) is 42.3 Å². The Morgan fingerprint density at radius 3 is 2.63 bits per heavy atom. The lowest BCUT2D eigenvalue weighted by Gasteiger charge is -2.30. The molecule has 3 heterocycles. The van der Waals surface area contributed by atoms with E-state index in [9.17, 15) is 9.59 Å². The summed E-state index contributed by atoms with van der Waals surface area (Å²) in [6.45, 7) is 7.90. The zero-order valence-electron chi connectivity index (χ0n) is 20.3. The number of carbonyl (C=O) groups is 1. The highest BCUT2D eigenvalue weighted by molar-refractivity contribution is 5.89. The van der Waals surface area contributed by atoms with Crippen molar-refractivity contribution in [2.45, 2.75) is 39.3 Å². The molecule has 3 aromatic rings. The minimum absolute atomic E-state index is 0.207. The van der Waals surface area contributed by atoms with E-state index >= 15 is 0 Å². The first-order valence-electron chi connectivity index (χ1n) is 12.3. The molecule has 0 spiro atoms. The molecule has 184 valence electrons. The van der Waals surface area contributed by atoms with Gasteiger partial charge in [-0.2, -0.15) is 0 Å². The highest BCUT2D eigenvalue weighted by atomic mass is 16.6. The zero-order chi connectivity index (χ0) is 24.4. The molecular weight excluding hydrogens is 444 g/mol. The Hall–Kier alpha value is -3.52. The predicted octanol–water partition coefficient (Wildman–Crippen LogP) is 4.13. The summed E-state index contributed by atoms with van der Waals surface area (Å²) in [5, 5.41) is 3.86. The summed E-state index contributed by atoms with van der Waals surface area (Å²) < 4.78 is 11.4. The fraction of sp³-hybridized carbons (Fsp3) is 0.407. The highest BCUT2D eigenvalue weighted by Gasteiger charge is 2.28. The van der Waals surface area contributed by atoms with E-state index < -0.39 is 0 Å². The van der Waals surface area contributed by atoms with Gasteiger partial charge < -0.3 is 24.7 Å². The number of aromatic amines is 1. The van der Waals surface area contributed by atoms with Crippen LogP contribution in [0.15, 0.2) is 47.3 Å². The number of fused-ring (bicyclic) bond motifs is 2. The van der Waals surface area contributed by atoms with Gasteiger partial charge in [0.2, 0.25) is 0 Å². The third kappa shape index (κ3) is 5.12. The Morgan fingerprint density at radius 2 is 1.89 bits per heavy atom. The molecule has 1 aromatic heterocycles. The van der Waals surface area contributed by atoms with Gasteiger partial charge in [-0.1, -0.05) is 24.6 Å². The van der Waals surface area contributed by atoms with Crippen LogP contribution in [-0.4, -0.2) is 59.7 Å². The molecular formula is C27H32N4O4. The first kappa shape index (κ1) is 23.2. The maximum atomic E-state index is 13.4. The smallest absolute Gasteiger partial charge is 0.322 e. The molecule has 0 bridgehead atoms. The number of aryl methyl sites for hydroxylation is 1. The number of likely N-dealkylation sites (tertiary alicyclic amines) is 1. The number of urea groups is 1. The van der Waals surface area contributed by atoms with Crippen molar-refractivity contribution in [3.05, 3.63) is 63.9 Å². The third-order valence-corrected chi connectivity index (χ3v) is 6.87. The highest BCUT2D eigenvalue weighted by Crippen LogP contribution is 2.33. The van der Waals surface area contributed by atoms with E-state index in [-0.39, 0.29) is 24.2 Å². The molecule has 2 aliphatic rings. The Morgan fingerprint density at radius 1 is 1.14 bits per heavy atom. The van der Waals surface area contributed by atoms with Crippen LogP contribution in [-0.2, 0) is 6.54 Å². The minimum Gasteiger partial charge on any atom is -0.486 e. The van der Waals surface area contributed by atoms with E-state index in [2.05, 4.69) is 22.1 Å². The second-order valence-electron chi connectivity index (χ2n) is 9.31. The van der Waals surface area contributed by atoms with Gasteiger partial charge in [-0.25, -0.2) is 4.79 Å². The lowest BCUT2D eigenvalue weighted by Crippen LogP contribution is -2.45. The van der Waals surface area contributed by atoms with Gasteiger partial charge in [0.05, 0.1) is 12.1 Å². The topological polar surface area (TPSA) is 86.9 Å². The molecule has 2 aliphatic heterocycles. The minimum atomic E-state index is -0.210. The number of anilines is 1. The summed E-state index contributed by atoms with van der Waals surface area (Å²) in [4.78, 5) is 33.5. The van der Waals surface area contributed by atoms with Crippen molar-refractivity contribution < 1.29 is 14.3 Å². The number of carbonyl (C=O) groups excluding carboxylic acids is 1. The molecule has 1 atom stereocenters. The first-order valence-corrected chi connectivity index (χ1v) is 12.3. The molecule has 1 saturated heterocycles. The van der Waals surface area contributed by atoms with Crippen LogP contribution in [0.3, 0.4) is 0 Å². The number of H-pyrrole nitrogens is 1. The number of amides is 2. The summed E-state index contributed by atoms with van der Waals surface area (Å²) in [6, 6.07) is 13.3. The van der Waals surface area contributed by atoms with Crippen LogP contribution < -0.4 is 20.3 Å².